The van der Waals surface area contributed by atoms with Crippen molar-refractivity contribution in [1.82, 2.24) is 15.5 Å². The molecule has 7 heteroatoms. The van der Waals surface area contributed by atoms with Crippen molar-refractivity contribution in [2.24, 2.45) is 4.99 Å². The van der Waals surface area contributed by atoms with Crippen molar-refractivity contribution in [3.63, 3.8) is 0 Å². The largest absolute Gasteiger partial charge is 0.371 e. The number of halogens is 1. The molecule has 0 atom stereocenters. The number of carbonyl (C=O) groups is 1. The minimum absolute atomic E-state index is 0. The number of hydrogen-bond donors (Lipinski definition) is 2. The van der Waals surface area contributed by atoms with Gasteiger partial charge in [0.25, 0.3) is 0 Å². The standard InChI is InChI=1S/C20H31N5O.HI/c1-16(2)14-21-20(22-15-19(26)24(3)4)23-17-10-12-25(13-11-17)18-8-6-5-7-9-18;/h5-9,17H,1,10-15H2,2-4H3,(H2,21,22,23);1H. The van der Waals surface area contributed by atoms with Crippen molar-refractivity contribution in [2.45, 2.75) is 25.8 Å². The number of nitrogens with zero attached hydrogens (tertiary/aromatic N) is 3. The monoisotopic (exact) mass is 485 g/mol. The molecule has 1 aliphatic rings. The molecule has 1 amide bonds. The van der Waals surface area contributed by atoms with Crippen LogP contribution in [-0.4, -0.2) is 63.1 Å². The average molecular weight is 485 g/mol. The highest BCUT2D eigenvalue weighted by atomic mass is 127. The molecule has 2 rings (SSSR count). The number of guanidine groups is 1. The molecule has 0 unspecified atom stereocenters. The fourth-order valence-electron chi connectivity index (χ4n) is 2.79. The highest BCUT2D eigenvalue weighted by Crippen LogP contribution is 2.19. The number of nitrogens with one attached hydrogen (secondary N) is 2. The van der Waals surface area contributed by atoms with Crippen LogP contribution in [0.2, 0.25) is 0 Å². The lowest BCUT2D eigenvalue weighted by Crippen LogP contribution is -2.49. The predicted octanol–water partition coefficient (Wildman–Crippen LogP) is 2.47. The topological polar surface area (TPSA) is 60.0 Å². The van der Waals surface area contributed by atoms with Crippen molar-refractivity contribution in [3.05, 3.63) is 42.5 Å². The van der Waals surface area contributed by atoms with Crippen LogP contribution >= 0.6 is 24.0 Å². The molecule has 0 radical (unpaired) electrons. The lowest BCUT2D eigenvalue weighted by molar-refractivity contribution is -0.127. The quantitative estimate of drug-likeness (QED) is 0.282. The Bertz CT molecular complexity index is 625. The first-order valence-corrected chi connectivity index (χ1v) is 9.15. The van der Waals surface area contributed by atoms with E-state index in [0.717, 1.165) is 31.5 Å². The fraction of sp³-hybridized carbons (Fsp3) is 0.500. The molecular formula is C20H32IN5O. The van der Waals surface area contributed by atoms with E-state index in [1.807, 2.05) is 13.0 Å². The minimum atomic E-state index is -0.0136. The maximum atomic E-state index is 11.8. The first-order chi connectivity index (χ1) is 12.5. The fourth-order valence-corrected chi connectivity index (χ4v) is 2.79. The van der Waals surface area contributed by atoms with Crippen LogP contribution in [0.15, 0.2) is 47.5 Å². The van der Waals surface area contributed by atoms with Crippen molar-refractivity contribution < 1.29 is 4.79 Å². The number of anilines is 1. The number of amides is 1. The Morgan fingerprint density at radius 3 is 2.44 bits per heavy atom. The predicted molar refractivity (Wildman–Crippen MR) is 124 cm³/mol. The smallest absolute Gasteiger partial charge is 0.243 e. The summed E-state index contributed by atoms with van der Waals surface area (Å²) in [4.78, 5) is 20.2. The average Bonchev–Trinajstić information content (AvgIpc) is 2.64. The molecule has 150 valence electrons. The zero-order chi connectivity index (χ0) is 18.9. The lowest BCUT2D eigenvalue weighted by Gasteiger charge is -2.34. The zero-order valence-corrected chi connectivity index (χ0v) is 18.9. The summed E-state index contributed by atoms with van der Waals surface area (Å²) in [6.07, 6.45) is 2.06. The molecule has 1 aromatic carbocycles. The number of benzene rings is 1. The highest BCUT2D eigenvalue weighted by molar-refractivity contribution is 14.0. The number of piperidine rings is 1. The molecule has 1 heterocycles. The van der Waals surface area contributed by atoms with Gasteiger partial charge in [0.05, 0.1) is 0 Å². The van der Waals surface area contributed by atoms with E-state index in [1.165, 1.54) is 5.69 Å². The molecule has 0 aromatic heterocycles. The summed E-state index contributed by atoms with van der Waals surface area (Å²) in [7, 11) is 3.48. The van der Waals surface area contributed by atoms with E-state index < -0.39 is 0 Å². The molecule has 27 heavy (non-hydrogen) atoms. The Labute approximate surface area is 180 Å². The molecule has 0 spiro atoms. The van der Waals surface area contributed by atoms with E-state index in [2.05, 4.69) is 51.4 Å². The SMILES string of the molecule is C=C(C)CNC(=NCC(=O)N(C)C)NC1CCN(c2ccccc2)CC1.I. The molecule has 1 saturated heterocycles. The maximum Gasteiger partial charge on any atom is 0.243 e. The van der Waals surface area contributed by atoms with E-state index in [4.69, 9.17) is 0 Å². The van der Waals surface area contributed by atoms with Crippen LogP contribution in [0, 0.1) is 0 Å². The van der Waals surface area contributed by atoms with E-state index in [9.17, 15) is 4.79 Å². The molecular weight excluding hydrogens is 453 g/mol. The molecule has 1 fully saturated rings. The van der Waals surface area contributed by atoms with E-state index in [1.54, 1.807) is 19.0 Å². The van der Waals surface area contributed by atoms with E-state index >= 15 is 0 Å². The van der Waals surface area contributed by atoms with Gasteiger partial charge in [-0.15, -0.1) is 24.0 Å². The van der Waals surface area contributed by atoms with Gasteiger partial charge in [-0.05, 0) is 31.9 Å². The first kappa shape index (κ1) is 23.3. The number of hydrogen-bond acceptors (Lipinski definition) is 3. The number of aliphatic imine (C=N–C) groups is 1. The molecule has 0 saturated carbocycles. The number of rotatable bonds is 6. The minimum Gasteiger partial charge on any atom is -0.371 e. The summed E-state index contributed by atoms with van der Waals surface area (Å²) in [6, 6.07) is 10.9. The Balaban J connectivity index is 0.00000364. The summed E-state index contributed by atoms with van der Waals surface area (Å²) in [5, 5.41) is 6.74. The zero-order valence-electron chi connectivity index (χ0n) is 16.6. The third-order valence-electron chi connectivity index (χ3n) is 4.39. The molecule has 6 nitrogen and oxygen atoms in total. The van der Waals surface area contributed by atoms with Gasteiger partial charge >= 0.3 is 0 Å². The normalized spacial score (nSPS) is 14.9. The molecule has 1 aromatic rings. The second kappa shape index (κ2) is 11.8. The summed E-state index contributed by atoms with van der Waals surface area (Å²) in [5.74, 6) is 0.668. The van der Waals surface area contributed by atoms with Crippen LogP contribution in [0.25, 0.3) is 0 Å². The Kier molecular flexibility index (Phi) is 10.2. The Morgan fingerprint density at radius 2 is 1.89 bits per heavy atom. The molecule has 0 aliphatic carbocycles. The van der Waals surface area contributed by atoms with Gasteiger partial charge in [-0.3, -0.25) is 4.79 Å². The van der Waals surface area contributed by atoms with Crippen molar-refractivity contribution in [2.75, 3.05) is 45.2 Å². The summed E-state index contributed by atoms with van der Waals surface area (Å²) in [5.41, 5.74) is 2.30. The van der Waals surface area contributed by atoms with Crippen LogP contribution in [0.4, 0.5) is 5.69 Å². The lowest BCUT2D eigenvalue weighted by atomic mass is 10.0. The van der Waals surface area contributed by atoms with Crippen LogP contribution in [0.3, 0.4) is 0 Å². The molecule has 2 N–H and O–H groups in total. The van der Waals surface area contributed by atoms with Gasteiger partial charge in [-0.2, -0.15) is 0 Å². The second-order valence-corrected chi connectivity index (χ2v) is 7.00. The summed E-state index contributed by atoms with van der Waals surface area (Å²) in [6.45, 7) is 8.68. The van der Waals surface area contributed by atoms with E-state index in [0.29, 0.717) is 18.5 Å². The molecule has 1 aliphatic heterocycles. The first-order valence-electron chi connectivity index (χ1n) is 9.15. The summed E-state index contributed by atoms with van der Waals surface area (Å²) < 4.78 is 0. The van der Waals surface area contributed by atoms with Gasteiger partial charge in [0.2, 0.25) is 5.91 Å². The second-order valence-electron chi connectivity index (χ2n) is 7.00. The third-order valence-corrected chi connectivity index (χ3v) is 4.39. The summed E-state index contributed by atoms with van der Waals surface area (Å²) >= 11 is 0. The van der Waals surface area contributed by atoms with Crippen molar-refractivity contribution in [1.29, 1.82) is 0 Å². The van der Waals surface area contributed by atoms with Gasteiger partial charge in [0, 0.05) is 45.5 Å². The van der Waals surface area contributed by atoms with E-state index in [-0.39, 0.29) is 36.4 Å². The van der Waals surface area contributed by atoms with Gasteiger partial charge < -0.3 is 20.4 Å². The highest BCUT2D eigenvalue weighted by Gasteiger charge is 2.20. The van der Waals surface area contributed by atoms with Crippen molar-refractivity contribution in [3.8, 4) is 0 Å². The number of likely N-dealkylation sites (N-methyl/N-ethyl adjacent to an activating group) is 1. The van der Waals surface area contributed by atoms with Crippen LogP contribution in [0.5, 0.6) is 0 Å². The number of para-hydroxylation sites is 1. The van der Waals surface area contributed by atoms with Crippen LogP contribution in [-0.2, 0) is 4.79 Å². The van der Waals surface area contributed by atoms with Gasteiger partial charge in [-0.1, -0.05) is 30.4 Å². The van der Waals surface area contributed by atoms with Gasteiger partial charge in [0.15, 0.2) is 5.96 Å². The van der Waals surface area contributed by atoms with Crippen LogP contribution in [0.1, 0.15) is 19.8 Å². The van der Waals surface area contributed by atoms with Gasteiger partial charge in [-0.25, -0.2) is 4.99 Å². The Morgan fingerprint density at radius 1 is 1.26 bits per heavy atom. The van der Waals surface area contributed by atoms with Crippen molar-refractivity contribution >= 4 is 41.5 Å². The maximum absolute atomic E-state index is 11.8. The Hall–Kier alpha value is -1.77. The third kappa shape index (κ3) is 8.19. The number of carbonyl (C=O) groups excluding carboxylic acids is 1. The van der Waals surface area contributed by atoms with Gasteiger partial charge in [0.1, 0.15) is 6.54 Å². The van der Waals surface area contributed by atoms with Crippen LogP contribution < -0.4 is 15.5 Å². The molecule has 0 bridgehead atoms.